The lowest BCUT2D eigenvalue weighted by Crippen LogP contribution is -2.35. The SMILES string of the molecule is COc1ccc(CNC(=O)CCN(C)CC2CCCCO2)cc1. The highest BCUT2D eigenvalue weighted by Crippen LogP contribution is 2.13. The van der Waals surface area contributed by atoms with Crippen molar-refractivity contribution in [1.29, 1.82) is 0 Å². The molecule has 2 rings (SSSR count). The number of amides is 1. The van der Waals surface area contributed by atoms with Gasteiger partial charge in [-0.25, -0.2) is 0 Å². The van der Waals surface area contributed by atoms with Gasteiger partial charge in [-0.15, -0.1) is 0 Å². The highest BCUT2D eigenvalue weighted by atomic mass is 16.5. The van der Waals surface area contributed by atoms with Gasteiger partial charge >= 0.3 is 0 Å². The van der Waals surface area contributed by atoms with Gasteiger partial charge in [0.2, 0.25) is 5.91 Å². The maximum absolute atomic E-state index is 11.9. The van der Waals surface area contributed by atoms with Crippen LogP contribution < -0.4 is 10.1 Å². The van der Waals surface area contributed by atoms with Crippen molar-refractivity contribution in [3.8, 4) is 5.75 Å². The number of rotatable bonds is 8. The van der Waals surface area contributed by atoms with Crippen LogP contribution in [0, 0.1) is 0 Å². The minimum atomic E-state index is 0.0808. The first-order valence-corrected chi connectivity index (χ1v) is 8.37. The van der Waals surface area contributed by atoms with Crippen LogP contribution in [0.2, 0.25) is 0 Å². The number of benzene rings is 1. The standard InChI is InChI=1S/C18H28N2O3/c1-20(14-17-5-3-4-12-23-17)11-10-18(21)19-13-15-6-8-16(22-2)9-7-15/h6-9,17H,3-5,10-14H2,1-2H3,(H,19,21). The second-order valence-corrected chi connectivity index (χ2v) is 6.13. The van der Waals surface area contributed by atoms with Gasteiger partial charge in [0.1, 0.15) is 5.75 Å². The zero-order valence-corrected chi connectivity index (χ0v) is 14.2. The van der Waals surface area contributed by atoms with Crippen molar-refractivity contribution in [2.75, 3.05) is 33.9 Å². The Morgan fingerprint density at radius 1 is 1.35 bits per heavy atom. The highest BCUT2D eigenvalue weighted by Gasteiger charge is 2.16. The third-order valence-corrected chi connectivity index (χ3v) is 4.16. The summed E-state index contributed by atoms with van der Waals surface area (Å²) >= 11 is 0. The maximum atomic E-state index is 11.9. The Hall–Kier alpha value is -1.59. The van der Waals surface area contributed by atoms with E-state index in [1.807, 2.05) is 24.3 Å². The van der Waals surface area contributed by atoms with Crippen LogP contribution in [0.5, 0.6) is 5.75 Å². The lowest BCUT2D eigenvalue weighted by Gasteiger charge is -2.27. The van der Waals surface area contributed by atoms with Crippen LogP contribution in [0.25, 0.3) is 0 Å². The highest BCUT2D eigenvalue weighted by molar-refractivity contribution is 5.76. The monoisotopic (exact) mass is 320 g/mol. The largest absolute Gasteiger partial charge is 0.497 e. The number of methoxy groups -OCH3 is 1. The van der Waals surface area contributed by atoms with E-state index in [1.165, 1.54) is 12.8 Å². The van der Waals surface area contributed by atoms with Crippen LogP contribution in [0.15, 0.2) is 24.3 Å². The Balaban J connectivity index is 1.61. The number of carbonyl (C=O) groups excluding carboxylic acids is 1. The van der Waals surface area contributed by atoms with Crippen LogP contribution in [0.3, 0.4) is 0 Å². The van der Waals surface area contributed by atoms with Crippen LogP contribution in [0.1, 0.15) is 31.2 Å². The van der Waals surface area contributed by atoms with E-state index in [-0.39, 0.29) is 5.91 Å². The molecule has 23 heavy (non-hydrogen) atoms. The molecule has 1 aliphatic rings. The first kappa shape index (κ1) is 17.8. The van der Waals surface area contributed by atoms with Gasteiger partial charge < -0.3 is 19.7 Å². The molecule has 1 fully saturated rings. The van der Waals surface area contributed by atoms with Gasteiger partial charge in [0.15, 0.2) is 0 Å². The number of likely N-dealkylation sites (N-methyl/N-ethyl adjacent to an activating group) is 1. The predicted octanol–water partition coefficient (Wildman–Crippen LogP) is 2.20. The molecule has 5 nitrogen and oxygen atoms in total. The van der Waals surface area contributed by atoms with E-state index in [0.29, 0.717) is 19.1 Å². The summed E-state index contributed by atoms with van der Waals surface area (Å²) < 4.78 is 10.8. The van der Waals surface area contributed by atoms with E-state index in [1.54, 1.807) is 7.11 Å². The second kappa shape index (κ2) is 9.53. The Morgan fingerprint density at radius 2 is 2.13 bits per heavy atom. The van der Waals surface area contributed by atoms with E-state index >= 15 is 0 Å². The average molecular weight is 320 g/mol. The molecule has 1 aromatic rings. The minimum Gasteiger partial charge on any atom is -0.497 e. The quantitative estimate of drug-likeness (QED) is 0.798. The fourth-order valence-electron chi connectivity index (χ4n) is 2.72. The first-order valence-electron chi connectivity index (χ1n) is 8.37. The number of hydrogen-bond acceptors (Lipinski definition) is 4. The lowest BCUT2D eigenvalue weighted by atomic mass is 10.1. The van der Waals surface area contributed by atoms with E-state index in [0.717, 1.165) is 37.4 Å². The number of hydrogen-bond donors (Lipinski definition) is 1. The van der Waals surface area contributed by atoms with E-state index in [2.05, 4.69) is 17.3 Å². The van der Waals surface area contributed by atoms with Gasteiger partial charge in [-0.2, -0.15) is 0 Å². The summed E-state index contributed by atoms with van der Waals surface area (Å²) in [4.78, 5) is 14.1. The van der Waals surface area contributed by atoms with Crippen molar-refractivity contribution in [3.05, 3.63) is 29.8 Å². The molecule has 0 aliphatic carbocycles. The first-order chi connectivity index (χ1) is 11.2. The smallest absolute Gasteiger partial charge is 0.221 e. The van der Waals surface area contributed by atoms with Crippen molar-refractivity contribution in [2.45, 2.75) is 38.3 Å². The summed E-state index contributed by atoms with van der Waals surface area (Å²) in [7, 11) is 3.69. The molecule has 0 bridgehead atoms. The summed E-state index contributed by atoms with van der Waals surface area (Å²) in [6.45, 7) is 3.10. The fourth-order valence-corrected chi connectivity index (χ4v) is 2.72. The number of carbonyl (C=O) groups is 1. The van der Waals surface area contributed by atoms with Crippen LogP contribution in [-0.2, 0) is 16.1 Å². The van der Waals surface area contributed by atoms with Gasteiger partial charge in [0.25, 0.3) is 0 Å². The fraction of sp³-hybridized carbons (Fsp3) is 0.611. The Morgan fingerprint density at radius 3 is 2.78 bits per heavy atom. The summed E-state index contributed by atoms with van der Waals surface area (Å²) in [5.41, 5.74) is 1.07. The summed E-state index contributed by atoms with van der Waals surface area (Å²) in [6.07, 6.45) is 4.40. The number of nitrogens with zero attached hydrogens (tertiary/aromatic N) is 1. The molecule has 0 spiro atoms. The zero-order valence-electron chi connectivity index (χ0n) is 14.2. The zero-order chi connectivity index (χ0) is 16.5. The predicted molar refractivity (Wildman–Crippen MR) is 90.5 cm³/mol. The van der Waals surface area contributed by atoms with E-state index < -0.39 is 0 Å². The molecule has 0 saturated carbocycles. The summed E-state index contributed by atoms with van der Waals surface area (Å²) in [5.74, 6) is 0.906. The van der Waals surface area contributed by atoms with Crippen molar-refractivity contribution >= 4 is 5.91 Å². The van der Waals surface area contributed by atoms with Crippen molar-refractivity contribution in [3.63, 3.8) is 0 Å². The molecule has 1 aliphatic heterocycles. The molecule has 1 atom stereocenters. The number of nitrogens with one attached hydrogen (secondary N) is 1. The topological polar surface area (TPSA) is 50.8 Å². The molecule has 0 aromatic heterocycles. The van der Waals surface area contributed by atoms with Gasteiger partial charge in [-0.05, 0) is 44.0 Å². The average Bonchev–Trinajstić information content (AvgIpc) is 2.59. The minimum absolute atomic E-state index is 0.0808. The maximum Gasteiger partial charge on any atom is 0.221 e. The van der Waals surface area contributed by atoms with Gasteiger partial charge in [-0.3, -0.25) is 4.79 Å². The Bertz CT molecular complexity index is 470. The lowest BCUT2D eigenvalue weighted by molar-refractivity contribution is -0.121. The molecule has 1 aromatic carbocycles. The van der Waals surface area contributed by atoms with Crippen LogP contribution in [-0.4, -0.2) is 50.8 Å². The summed E-state index contributed by atoms with van der Waals surface area (Å²) in [5, 5.41) is 2.96. The molecule has 1 amide bonds. The van der Waals surface area contributed by atoms with Crippen molar-refractivity contribution in [1.82, 2.24) is 10.2 Å². The molecule has 0 radical (unpaired) electrons. The summed E-state index contributed by atoms with van der Waals surface area (Å²) in [6, 6.07) is 7.73. The molecule has 1 heterocycles. The van der Waals surface area contributed by atoms with E-state index in [9.17, 15) is 4.79 Å². The number of ether oxygens (including phenoxy) is 2. The molecule has 1 N–H and O–H groups in total. The van der Waals surface area contributed by atoms with Crippen LogP contribution in [0.4, 0.5) is 0 Å². The third-order valence-electron chi connectivity index (χ3n) is 4.16. The molecule has 1 unspecified atom stereocenters. The van der Waals surface area contributed by atoms with Gasteiger partial charge in [-0.1, -0.05) is 12.1 Å². The molecule has 128 valence electrons. The van der Waals surface area contributed by atoms with Crippen molar-refractivity contribution < 1.29 is 14.3 Å². The van der Waals surface area contributed by atoms with Crippen molar-refractivity contribution in [2.24, 2.45) is 0 Å². The van der Waals surface area contributed by atoms with Gasteiger partial charge in [0.05, 0.1) is 13.2 Å². The molecular formula is C18H28N2O3. The van der Waals surface area contributed by atoms with E-state index in [4.69, 9.17) is 9.47 Å². The molecule has 5 heteroatoms. The second-order valence-electron chi connectivity index (χ2n) is 6.13. The molecule has 1 saturated heterocycles. The van der Waals surface area contributed by atoms with Crippen LogP contribution >= 0.6 is 0 Å². The Labute approximate surface area is 139 Å². The Kier molecular flexibility index (Phi) is 7.36. The van der Waals surface area contributed by atoms with Gasteiger partial charge in [0, 0.05) is 32.7 Å². The normalized spacial score (nSPS) is 18.0. The molecular weight excluding hydrogens is 292 g/mol. The third kappa shape index (κ3) is 6.59.